The first-order chi connectivity index (χ1) is 10.4. The highest BCUT2D eigenvalue weighted by atomic mass is 16.6. The predicted octanol–water partition coefficient (Wildman–Crippen LogP) is 2.74. The average molecular weight is 305 g/mol. The number of benzene rings is 1. The second-order valence-corrected chi connectivity index (χ2v) is 6.66. The molecule has 0 radical (unpaired) electrons. The molecule has 0 saturated carbocycles. The van der Waals surface area contributed by atoms with Gasteiger partial charge in [-0.3, -0.25) is 0 Å². The molecule has 0 atom stereocenters. The number of nitrogens with zero attached hydrogens (tertiary/aromatic N) is 1. The summed E-state index contributed by atoms with van der Waals surface area (Å²) < 4.78 is 5.48. The number of rotatable bonds is 4. The molecule has 0 aromatic heterocycles. The fourth-order valence-electron chi connectivity index (χ4n) is 2.55. The number of ether oxygens (including phenoxy) is 1. The number of nitrogens with two attached hydrogens (primary N) is 1. The summed E-state index contributed by atoms with van der Waals surface area (Å²) >= 11 is 0. The molecule has 3 N–H and O–H groups in total. The van der Waals surface area contributed by atoms with Crippen molar-refractivity contribution in [3.05, 3.63) is 29.3 Å². The van der Waals surface area contributed by atoms with E-state index in [0.29, 0.717) is 19.6 Å². The second-order valence-electron chi connectivity index (χ2n) is 6.66. The summed E-state index contributed by atoms with van der Waals surface area (Å²) in [6.07, 6.45) is 1.55. The molecule has 1 amide bonds. The zero-order chi connectivity index (χ0) is 16.2. The summed E-state index contributed by atoms with van der Waals surface area (Å²) in [6, 6.07) is 6.26. The van der Waals surface area contributed by atoms with Crippen LogP contribution in [0.1, 0.15) is 38.3 Å². The van der Waals surface area contributed by atoms with Gasteiger partial charge in [0.2, 0.25) is 0 Å². The van der Waals surface area contributed by atoms with Crippen LogP contribution in [0.2, 0.25) is 0 Å². The first-order valence-electron chi connectivity index (χ1n) is 7.93. The minimum Gasteiger partial charge on any atom is -0.444 e. The van der Waals surface area contributed by atoms with Crippen molar-refractivity contribution in [1.29, 1.82) is 0 Å². The quantitative estimate of drug-likeness (QED) is 0.839. The van der Waals surface area contributed by atoms with Crippen molar-refractivity contribution in [1.82, 2.24) is 4.90 Å². The molecule has 1 aromatic rings. The molecule has 0 aliphatic carbocycles. The molecule has 1 aliphatic heterocycles. The molecular formula is C17H27N3O2. The molecule has 22 heavy (non-hydrogen) atoms. The predicted molar refractivity (Wildman–Crippen MR) is 89.0 cm³/mol. The summed E-state index contributed by atoms with van der Waals surface area (Å²) in [5.41, 5.74) is 8.67. The Morgan fingerprint density at radius 2 is 2.18 bits per heavy atom. The van der Waals surface area contributed by atoms with Crippen LogP contribution in [-0.2, 0) is 17.7 Å². The van der Waals surface area contributed by atoms with E-state index in [1.54, 1.807) is 4.90 Å². The van der Waals surface area contributed by atoms with Crippen molar-refractivity contribution in [3.63, 3.8) is 0 Å². The SMILES string of the molecule is CC(C)(C)OC(=O)N1CCc2cccc(NCCCN)c2C1. The number of amides is 1. The van der Waals surface area contributed by atoms with Gasteiger partial charge in [-0.05, 0) is 57.4 Å². The van der Waals surface area contributed by atoms with Crippen LogP contribution in [0, 0.1) is 0 Å². The monoisotopic (exact) mass is 305 g/mol. The van der Waals surface area contributed by atoms with Crippen molar-refractivity contribution in [2.24, 2.45) is 5.73 Å². The molecule has 122 valence electrons. The Morgan fingerprint density at radius 3 is 2.86 bits per heavy atom. The van der Waals surface area contributed by atoms with Gasteiger partial charge >= 0.3 is 6.09 Å². The van der Waals surface area contributed by atoms with Gasteiger partial charge in [0.25, 0.3) is 0 Å². The van der Waals surface area contributed by atoms with Gasteiger partial charge in [0, 0.05) is 18.8 Å². The van der Waals surface area contributed by atoms with Crippen LogP contribution in [0.3, 0.4) is 0 Å². The molecule has 5 heteroatoms. The van der Waals surface area contributed by atoms with Crippen LogP contribution >= 0.6 is 0 Å². The zero-order valence-electron chi connectivity index (χ0n) is 13.8. The van der Waals surface area contributed by atoms with Crippen molar-refractivity contribution in [2.75, 3.05) is 25.0 Å². The summed E-state index contributed by atoms with van der Waals surface area (Å²) in [5, 5.41) is 3.42. The largest absolute Gasteiger partial charge is 0.444 e. The Morgan fingerprint density at radius 1 is 1.41 bits per heavy atom. The number of carbonyl (C=O) groups is 1. The second kappa shape index (κ2) is 7.01. The molecule has 0 saturated heterocycles. The van der Waals surface area contributed by atoms with E-state index in [2.05, 4.69) is 23.5 Å². The van der Waals surface area contributed by atoms with E-state index >= 15 is 0 Å². The zero-order valence-corrected chi connectivity index (χ0v) is 13.8. The lowest BCUT2D eigenvalue weighted by Gasteiger charge is -2.32. The smallest absolute Gasteiger partial charge is 0.410 e. The summed E-state index contributed by atoms with van der Waals surface area (Å²) in [6.45, 7) is 8.49. The van der Waals surface area contributed by atoms with Crippen molar-refractivity contribution < 1.29 is 9.53 Å². The standard InChI is InChI=1S/C17H27N3O2/c1-17(2,3)22-16(21)20-11-8-13-6-4-7-15(14(13)12-20)19-10-5-9-18/h4,6-7,19H,5,8-12,18H2,1-3H3. The lowest BCUT2D eigenvalue weighted by atomic mass is 9.98. The van der Waals surface area contributed by atoms with Crippen molar-refractivity contribution in [2.45, 2.75) is 45.8 Å². The highest BCUT2D eigenvalue weighted by molar-refractivity contribution is 5.69. The molecule has 0 fully saturated rings. The first-order valence-corrected chi connectivity index (χ1v) is 7.93. The van der Waals surface area contributed by atoms with Gasteiger partial charge in [-0.25, -0.2) is 4.79 Å². The van der Waals surface area contributed by atoms with Crippen molar-refractivity contribution in [3.8, 4) is 0 Å². The first kappa shape index (κ1) is 16.6. The van der Waals surface area contributed by atoms with Crippen LogP contribution in [0.25, 0.3) is 0 Å². The molecule has 0 bridgehead atoms. The summed E-state index contributed by atoms with van der Waals surface area (Å²) in [4.78, 5) is 14.0. The van der Waals surface area contributed by atoms with Gasteiger partial charge in [0.05, 0.1) is 6.54 Å². The Hall–Kier alpha value is -1.75. The maximum Gasteiger partial charge on any atom is 0.410 e. The molecular weight excluding hydrogens is 278 g/mol. The summed E-state index contributed by atoms with van der Waals surface area (Å²) in [5.74, 6) is 0. The van der Waals surface area contributed by atoms with Gasteiger partial charge in [-0.15, -0.1) is 0 Å². The lowest BCUT2D eigenvalue weighted by Crippen LogP contribution is -2.40. The highest BCUT2D eigenvalue weighted by Gasteiger charge is 2.26. The van der Waals surface area contributed by atoms with Crippen molar-refractivity contribution >= 4 is 11.8 Å². The van der Waals surface area contributed by atoms with Crippen LogP contribution in [0.15, 0.2) is 18.2 Å². The van der Waals surface area contributed by atoms with E-state index in [0.717, 1.165) is 25.1 Å². The molecule has 0 spiro atoms. The van der Waals surface area contributed by atoms with Crippen LogP contribution in [-0.4, -0.2) is 36.2 Å². The number of carbonyl (C=O) groups excluding carboxylic acids is 1. The van der Waals surface area contributed by atoms with E-state index in [1.807, 2.05) is 20.8 Å². The topological polar surface area (TPSA) is 67.6 Å². The number of nitrogens with one attached hydrogen (secondary N) is 1. The fraction of sp³-hybridized carbons (Fsp3) is 0.588. The van der Waals surface area contributed by atoms with Gasteiger partial charge in [0.1, 0.15) is 5.60 Å². The molecule has 5 nitrogen and oxygen atoms in total. The third-order valence-corrected chi connectivity index (χ3v) is 3.62. The van der Waals surface area contributed by atoms with Gasteiger partial charge in [0.15, 0.2) is 0 Å². The highest BCUT2D eigenvalue weighted by Crippen LogP contribution is 2.27. The molecule has 1 heterocycles. The van der Waals surface area contributed by atoms with E-state index in [9.17, 15) is 4.79 Å². The van der Waals surface area contributed by atoms with E-state index < -0.39 is 5.60 Å². The fourth-order valence-corrected chi connectivity index (χ4v) is 2.55. The number of fused-ring (bicyclic) bond motifs is 1. The molecule has 1 aliphatic rings. The van der Waals surface area contributed by atoms with E-state index in [1.165, 1.54) is 11.1 Å². The Kier molecular flexibility index (Phi) is 5.29. The van der Waals surface area contributed by atoms with E-state index in [-0.39, 0.29) is 6.09 Å². The minimum atomic E-state index is -0.462. The number of anilines is 1. The third kappa shape index (κ3) is 4.37. The maximum absolute atomic E-state index is 12.3. The molecule has 2 rings (SSSR count). The van der Waals surface area contributed by atoms with Gasteiger partial charge in [-0.2, -0.15) is 0 Å². The average Bonchev–Trinajstić information content (AvgIpc) is 2.45. The Bertz CT molecular complexity index is 523. The maximum atomic E-state index is 12.3. The number of hydrogen-bond donors (Lipinski definition) is 2. The summed E-state index contributed by atoms with van der Waals surface area (Å²) in [7, 11) is 0. The molecule has 1 aromatic carbocycles. The number of hydrogen-bond acceptors (Lipinski definition) is 4. The van der Waals surface area contributed by atoms with Crippen LogP contribution in [0.5, 0.6) is 0 Å². The van der Waals surface area contributed by atoms with Gasteiger partial charge in [-0.1, -0.05) is 12.1 Å². The normalized spacial score (nSPS) is 14.5. The van der Waals surface area contributed by atoms with Crippen LogP contribution < -0.4 is 11.1 Å². The Balaban J connectivity index is 2.09. The van der Waals surface area contributed by atoms with Crippen LogP contribution in [0.4, 0.5) is 10.5 Å². The lowest BCUT2D eigenvalue weighted by molar-refractivity contribution is 0.0224. The third-order valence-electron chi connectivity index (χ3n) is 3.62. The Labute approximate surface area is 132 Å². The molecule has 0 unspecified atom stereocenters. The van der Waals surface area contributed by atoms with Gasteiger partial charge < -0.3 is 20.7 Å². The van der Waals surface area contributed by atoms with E-state index in [4.69, 9.17) is 10.5 Å². The minimum absolute atomic E-state index is 0.241.